The SMILES string of the molecule is CCCn1cnnc1CN(C)C(=O)CCc1ccc(=O)[nH]n1. The van der Waals surface area contributed by atoms with Gasteiger partial charge in [0.25, 0.3) is 5.56 Å². The summed E-state index contributed by atoms with van der Waals surface area (Å²) in [6, 6.07) is 3.04. The fourth-order valence-corrected chi connectivity index (χ4v) is 2.07. The number of carbonyl (C=O) groups excluding carboxylic acids is 1. The number of aromatic nitrogens is 5. The number of aromatic amines is 1. The first-order chi connectivity index (χ1) is 10.6. The van der Waals surface area contributed by atoms with Crippen LogP contribution in [-0.2, 0) is 24.3 Å². The van der Waals surface area contributed by atoms with E-state index in [4.69, 9.17) is 0 Å². The molecule has 0 atom stereocenters. The summed E-state index contributed by atoms with van der Waals surface area (Å²) >= 11 is 0. The molecule has 0 saturated heterocycles. The Morgan fingerprint density at radius 2 is 2.23 bits per heavy atom. The molecular weight excluding hydrogens is 284 g/mol. The zero-order valence-corrected chi connectivity index (χ0v) is 12.8. The molecule has 0 bridgehead atoms. The summed E-state index contributed by atoms with van der Waals surface area (Å²) in [7, 11) is 1.74. The Balaban J connectivity index is 1.87. The fraction of sp³-hybridized carbons (Fsp3) is 0.500. The third-order valence-electron chi connectivity index (χ3n) is 3.30. The summed E-state index contributed by atoms with van der Waals surface area (Å²) in [5, 5.41) is 14.2. The van der Waals surface area contributed by atoms with E-state index in [9.17, 15) is 9.59 Å². The second-order valence-electron chi connectivity index (χ2n) is 5.10. The van der Waals surface area contributed by atoms with Crippen LogP contribution in [0.15, 0.2) is 23.3 Å². The number of nitrogens with zero attached hydrogens (tertiary/aromatic N) is 5. The number of carbonyl (C=O) groups is 1. The smallest absolute Gasteiger partial charge is 0.264 e. The molecule has 0 spiro atoms. The summed E-state index contributed by atoms with van der Waals surface area (Å²) in [5.41, 5.74) is 0.443. The average Bonchev–Trinajstić information content (AvgIpc) is 2.94. The van der Waals surface area contributed by atoms with Gasteiger partial charge in [0.05, 0.1) is 12.2 Å². The molecule has 8 heteroatoms. The molecule has 0 fully saturated rings. The first-order valence-corrected chi connectivity index (χ1v) is 7.25. The maximum Gasteiger partial charge on any atom is 0.264 e. The lowest BCUT2D eigenvalue weighted by molar-refractivity contribution is -0.130. The Bertz CT molecular complexity index is 657. The minimum atomic E-state index is -0.248. The van der Waals surface area contributed by atoms with Gasteiger partial charge in [0, 0.05) is 32.5 Å². The highest BCUT2D eigenvalue weighted by Crippen LogP contribution is 2.05. The number of rotatable bonds is 7. The quantitative estimate of drug-likeness (QED) is 0.796. The summed E-state index contributed by atoms with van der Waals surface area (Å²) in [6.45, 7) is 3.35. The Hall–Kier alpha value is -2.51. The van der Waals surface area contributed by atoms with Gasteiger partial charge in [-0.3, -0.25) is 9.59 Å². The first-order valence-electron chi connectivity index (χ1n) is 7.25. The van der Waals surface area contributed by atoms with Crippen molar-refractivity contribution in [2.75, 3.05) is 7.05 Å². The lowest BCUT2D eigenvalue weighted by atomic mass is 10.2. The molecule has 0 saturated carbocycles. The highest BCUT2D eigenvalue weighted by molar-refractivity contribution is 5.75. The molecule has 0 aliphatic heterocycles. The molecule has 0 unspecified atom stereocenters. The number of hydrogen-bond donors (Lipinski definition) is 1. The van der Waals surface area contributed by atoms with E-state index < -0.39 is 0 Å². The van der Waals surface area contributed by atoms with Gasteiger partial charge in [0.2, 0.25) is 5.91 Å². The van der Waals surface area contributed by atoms with Gasteiger partial charge in [-0.2, -0.15) is 5.10 Å². The minimum absolute atomic E-state index is 0.000881. The number of H-pyrrole nitrogens is 1. The summed E-state index contributed by atoms with van der Waals surface area (Å²) in [6.07, 6.45) is 3.49. The monoisotopic (exact) mass is 304 g/mol. The van der Waals surface area contributed by atoms with E-state index in [1.165, 1.54) is 6.07 Å². The predicted octanol–water partition coefficient (Wildman–Crippen LogP) is 0.363. The Morgan fingerprint density at radius 3 is 2.91 bits per heavy atom. The van der Waals surface area contributed by atoms with E-state index in [-0.39, 0.29) is 11.5 Å². The van der Waals surface area contributed by atoms with Crippen molar-refractivity contribution in [1.29, 1.82) is 0 Å². The maximum absolute atomic E-state index is 12.1. The molecule has 0 aromatic carbocycles. The normalized spacial score (nSPS) is 10.6. The Morgan fingerprint density at radius 1 is 1.41 bits per heavy atom. The van der Waals surface area contributed by atoms with Gasteiger partial charge in [-0.05, 0) is 12.5 Å². The van der Waals surface area contributed by atoms with Crippen LogP contribution in [0.3, 0.4) is 0 Å². The molecule has 1 amide bonds. The molecule has 118 valence electrons. The van der Waals surface area contributed by atoms with Gasteiger partial charge >= 0.3 is 0 Å². The zero-order chi connectivity index (χ0) is 15.9. The highest BCUT2D eigenvalue weighted by atomic mass is 16.2. The first kappa shape index (κ1) is 15.9. The van der Waals surface area contributed by atoms with Gasteiger partial charge < -0.3 is 9.47 Å². The van der Waals surface area contributed by atoms with Crippen LogP contribution in [0.5, 0.6) is 0 Å². The van der Waals surface area contributed by atoms with Crippen LogP contribution in [0.4, 0.5) is 0 Å². The van der Waals surface area contributed by atoms with E-state index in [0.29, 0.717) is 25.1 Å². The minimum Gasteiger partial charge on any atom is -0.338 e. The summed E-state index contributed by atoms with van der Waals surface area (Å²) < 4.78 is 1.95. The van der Waals surface area contributed by atoms with E-state index in [0.717, 1.165) is 18.8 Å². The molecule has 2 aromatic heterocycles. The van der Waals surface area contributed by atoms with Crippen molar-refractivity contribution in [2.45, 2.75) is 39.3 Å². The molecule has 2 aromatic rings. The standard InChI is InChI=1S/C14H20N6O2/c1-3-8-20-10-15-17-12(20)9-19(2)14(22)7-5-11-4-6-13(21)18-16-11/h4,6,10H,3,5,7-9H2,1-2H3,(H,18,21). The average molecular weight is 304 g/mol. The number of nitrogens with one attached hydrogen (secondary N) is 1. The van der Waals surface area contributed by atoms with Crippen LogP contribution >= 0.6 is 0 Å². The molecule has 1 N–H and O–H groups in total. The fourth-order valence-electron chi connectivity index (χ4n) is 2.07. The van der Waals surface area contributed by atoms with Gasteiger partial charge in [-0.25, -0.2) is 5.10 Å². The van der Waals surface area contributed by atoms with Crippen molar-refractivity contribution in [3.8, 4) is 0 Å². The van der Waals surface area contributed by atoms with Crippen LogP contribution in [0.25, 0.3) is 0 Å². The van der Waals surface area contributed by atoms with Crippen LogP contribution in [0.1, 0.15) is 31.3 Å². The highest BCUT2D eigenvalue weighted by Gasteiger charge is 2.13. The van der Waals surface area contributed by atoms with E-state index in [2.05, 4.69) is 27.3 Å². The molecule has 2 heterocycles. The number of amides is 1. The topological polar surface area (TPSA) is 96.8 Å². The lowest BCUT2D eigenvalue weighted by Gasteiger charge is -2.17. The van der Waals surface area contributed by atoms with Crippen molar-refractivity contribution in [3.05, 3.63) is 40.3 Å². The van der Waals surface area contributed by atoms with Crippen LogP contribution in [0.2, 0.25) is 0 Å². The van der Waals surface area contributed by atoms with E-state index >= 15 is 0 Å². The van der Waals surface area contributed by atoms with Crippen molar-refractivity contribution < 1.29 is 4.79 Å². The van der Waals surface area contributed by atoms with Crippen molar-refractivity contribution in [3.63, 3.8) is 0 Å². The molecule has 0 radical (unpaired) electrons. The zero-order valence-electron chi connectivity index (χ0n) is 12.8. The van der Waals surface area contributed by atoms with Crippen LogP contribution < -0.4 is 5.56 Å². The predicted molar refractivity (Wildman–Crippen MR) is 80.0 cm³/mol. The van der Waals surface area contributed by atoms with Crippen molar-refractivity contribution in [2.24, 2.45) is 0 Å². The molecule has 2 rings (SSSR count). The molecule has 8 nitrogen and oxygen atoms in total. The summed E-state index contributed by atoms with van der Waals surface area (Å²) in [4.78, 5) is 24.7. The molecule has 0 aliphatic rings. The van der Waals surface area contributed by atoms with Gasteiger partial charge in [0.1, 0.15) is 6.33 Å². The second-order valence-corrected chi connectivity index (χ2v) is 5.10. The van der Waals surface area contributed by atoms with Crippen molar-refractivity contribution in [1.82, 2.24) is 29.9 Å². The molecule has 0 aliphatic carbocycles. The molecule has 22 heavy (non-hydrogen) atoms. The van der Waals surface area contributed by atoms with Gasteiger partial charge in [0.15, 0.2) is 5.82 Å². The summed E-state index contributed by atoms with van der Waals surface area (Å²) in [5.74, 6) is 0.777. The maximum atomic E-state index is 12.1. The largest absolute Gasteiger partial charge is 0.338 e. The van der Waals surface area contributed by atoms with Crippen LogP contribution in [-0.4, -0.2) is 42.8 Å². The third kappa shape index (κ3) is 4.24. The van der Waals surface area contributed by atoms with E-state index in [1.54, 1.807) is 24.3 Å². The molecular formula is C14H20N6O2. The number of aryl methyl sites for hydroxylation is 2. The third-order valence-corrected chi connectivity index (χ3v) is 3.30. The van der Waals surface area contributed by atoms with Gasteiger partial charge in [-0.1, -0.05) is 6.92 Å². The number of hydrogen-bond acceptors (Lipinski definition) is 5. The van der Waals surface area contributed by atoms with Gasteiger partial charge in [-0.15, -0.1) is 10.2 Å². The van der Waals surface area contributed by atoms with E-state index in [1.807, 2.05) is 4.57 Å². The Labute approximate surface area is 128 Å². The van der Waals surface area contributed by atoms with Crippen LogP contribution in [0, 0.1) is 0 Å². The lowest BCUT2D eigenvalue weighted by Crippen LogP contribution is -2.28. The second kappa shape index (κ2) is 7.48. The Kier molecular flexibility index (Phi) is 5.40. The van der Waals surface area contributed by atoms with Crippen molar-refractivity contribution >= 4 is 5.91 Å².